The highest BCUT2D eigenvalue weighted by molar-refractivity contribution is 7.26. The van der Waals surface area contributed by atoms with Gasteiger partial charge < -0.3 is 0 Å². The second-order valence-corrected chi connectivity index (χ2v) is 12.6. The van der Waals surface area contributed by atoms with Crippen LogP contribution in [0.4, 0.5) is 0 Å². The molecule has 10 rings (SSSR count). The quantitative estimate of drug-likeness (QED) is 0.187. The summed E-state index contributed by atoms with van der Waals surface area (Å²) in [6, 6.07) is 50.8. The van der Waals surface area contributed by atoms with Gasteiger partial charge in [-0.25, -0.2) is 4.98 Å². The highest BCUT2D eigenvalue weighted by atomic mass is 32.1. The van der Waals surface area contributed by atoms with E-state index in [1.807, 2.05) is 17.5 Å². The van der Waals surface area contributed by atoms with Crippen LogP contribution in [0.15, 0.2) is 146 Å². The third-order valence-electron chi connectivity index (χ3n) is 9.23. The molecule has 0 saturated heterocycles. The van der Waals surface area contributed by atoms with E-state index in [0.717, 1.165) is 11.4 Å². The van der Waals surface area contributed by atoms with E-state index in [0.29, 0.717) is 0 Å². The Hall–Kier alpha value is -5.51. The summed E-state index contributed by atoms with van der Waals surface area (Å²) < 4.78 is 4.99. The molecule has 0 amide bonds. The van der Waals surface area contributed by atoms with Crippen LogP contribution >= 0.6 is 11.3 Å². The zero-order chi connectivity index (χ0) is 28.8. The van der Waals surface area contributed by atoms with Crippen molar-refractivity contribution in [2.45, 2.75) is 0 Å². The first-order valence-corrected chi connectivity index (χ1v) is 15.8. The van der Waals surface area contributed by atoms with Crippen LogP contribution in [0.2, 0.25) is 0 Å². The molecule has 0 atom stereocenters. The molecule has 204 valence electrons. The molecule has 3 heterocycles. The molecule has 0 N–H and O–H groups in total. The molecule has 7 aromatic carbocycles. The molecule has 0 aliphatic heterocycles. The first-order valence-electron chi connectivity index (χ1n) is 15.0. The lowest BCUT2D eigenvalue weighted by molar-refractivity contribution is 1.08. The Labute approximate surface area is 257 Å². The Morgan fingerprint density at radius 3 is 1.80 bits per heavy atom. The van der Waals surface area contributed by atoms with Gasteiger partial charge in [0.2, 0.25) is 0 Å². The fraction of sp³-hybridized carbons (Fsp3) is 0. The minimum atomic E-state index is 0.928. The molecular weight excluding hydrogens is 553 g/mol. The van der Waals surface area contributed by atoms with Gasteiger partial charge in [0, 0.05) is 37.1 Å². The molecule has 0 aliphatic rings. The lowest BCUT2D eigenvalue weighted by Gasteiger charge is -2.13. The number of hydrogen-bond acceptors (Lipinski definition) is 2. The third kappa shape index (κ3) is 3.27. The van der Waals surface area contributed by atoms with Gasteiger partial charge in [-0.05, 0) is 79.8 Å². The van der Waals surface area contributed by atoms with Crippen LogP contribution in [0.5, 0.6) is 0 Å². The van der Waals surface area contributed by atoms with Crippen molar-refractivity contribution < 1.29 is 0 Å². The maximum atomic E-state index is 4.95. The molecule has 0 spiro atoms. The van der Waals surface area contributed by atoms with Crippen LogP contribution in [0, 0.1) is 0 Å². The van der Waals surface area contributed by atoms with E-state index >= 15 is 0 Å². The summed E-state index contributed by atoms with van der Waals surface area (Å²) in [7, 11) is 0. The lowest BCUT2D eigenvalue weighted by atomic mass is 9.92. The maximum absolute atomic E-state index is 4.95. The molecule has 2 nitrogen and oxygen atoms in total. The van der Waals surface area contributed by atoms with Crippen molar-refractivity contribution in [1.29, 1.82) is 0 Å². The number of nitrogens with zero attached hydrogens (tertiary/aromatic N) is 2. The van der Waals surface area contributed by atoms with Crippen molar-refractivity contribution >= 4 is 85.6 Å². The van der Waals surface area contributed by atoms with Crippen LogP contribution in [0.1, 0.15) is 0 Å². The molecule has 10 aromatic rings. The topological polar surface area (TPSA) is 17.8 Å². The first-order chi connectivity index (χ1) is 21.8. The normalized spacial score (nSPS) is 12.1. The van der Waals surface area contributed by atoms with Gasteiger partial charge in [0.15, 0.2) is 0 Å². The van der Waals surface area contributed by atoms with Gasteiger partial charge in [-0.2, -0.15) is 0 Å². The molecule has 0 aliphatic carbocycles. The van der Waals surface area contributed by atoms with Gasteiger partial charge in [-0.3, -0.25) is 4.57 Å². The second-order valence-electron chi connectivity index (χ2n) is 11.5. The van der Waals surface area contributed by atoms with Gasteiger partial charge in [0.25, 0.3) is 0 Å². The predicted octanol–water partition coefficient (Wildman–Crippen LogP) is 11.7. The Bertz CT molecular complexity index is 2750. The number of pyridine rings is 1. The van der Waals surface area contributed by atoms with E-state index in [-0.39, 0.29) is 0 Å². The van der Waals surface area contributed by atoms with Crippen LogP contribution < -0.4 is 0 Å². The smallest absolute Gasteiger partial charge is 0.138 e. The van der Waals surface area contributed by atoms with Gasteiger partial charge in [-0.1, -0.05) is 103 Å². The van der Waals surface area contributed by atoms with E-state index in [1.165, 1.54) is 79.9 Å². The summed E-state index contributed by atoms with van der Waals surface area (Å²) in [5, 5.41) is 12.9. The summed E-state index contributed by atoms with van der Waals surface area (Å²) in [4.78, 5) is 4.95. The number of benzene rings is 7. The van der Waals surface area contributed by atoms with Gasteiger partial charge >= 0.3 is 0 Å². The predicted molar refractivity (Wildman–Crippen MR) is 189 cm³/mol. The molecule has 3 aromatic heterocycles. The Kier molecular flexibility index (Phi) is 4.90. The van der Waals surface area contributed by atoms with E-state index in [4.69, 9.17) is 4.98 Å². The molecular formula is C41H24N2S. The molecule has 0 bridgehead atoms. The van der Waals surface area contributed by atoms with Crippen molar-refractivity contribution in [3.8, 4) is 16.9 Å². The van der Waals surface area contributed by atoms with Crippen LogP contribution in [0.3, 0.4) is 0 Å². The summed E-state index contributed by atoms with van der Waals surface area (Å²) in [5.74, 6) is 0.928. The van der Waals surface area contributed by atoms with Crippen molar-refractivity contribution in [3.63, 3.8) is 0 Å². The number of aromatic nitrogens is 2. The van der Waals surface area contributed by atoms with Gasteiger partial charge in [-0.15, -0.1) is 11.3 Å². The molecule has 0 fully saturated rings. The number of hydrogen-bond donors (Lipinski definition) is 0. The number of para-hydroxylation sites is 1. The number of fused-ring (bicyclic) bond motifs is 13. The highest BCUT2D eigenvalue weighted by Crippen LogP contribution is 2.43. The summed E-state index contributed by atoms with van der Waals surface area (Å²) in [5.41, 5.74) is 4.70. The van der Waals surface area contributed by atoms with E-state index < -0.39 is 0 Å². The zero-order valence-electron chi connectivity index (χ0n) is 23.7. The first kappa shape index (κ1) is 24.0. The van der Waals surface area contributed by atoms with Crippen molar-refractivity contribution in [2.75, 3.05) is 0 Å². The van der Waals surface area contributed by atoms with Crippen LogP contribution in [-0.4, -0.2) is 9.55 Å². The molecule has 0 saturated carbocycles. The monoisotopic (exact) mass is 576 g/mol. The van der Waals surface area contributed by atoms with Crippen molar-refractivity contribution in [1.82, 2.24) is 9.55 Å². The van der Waals surface area contributed by atoms with Crippen LogP contribution in [0.25, 0.3) is 91.2 Å². The fourth-order valence-corrected chi connectivity index (χ4v) is 8.55. The highest BCUT2D eigenvalue weighted by Gasteiger charge is 2.18. The molecule has 3 heteroatoms. The van der Waals surface area contributed by atoms with Crippen LogP contribution in [-0.2, 0) is 0 Å². The minimum absolute atomic E-state index is 0.928. The average molecular weight is 577 g/mol. The fourth-order valence-electron chi connectivity index (χ4n) is 7.29. The summed E-state index contributed by atoms with van der Waals surface area (Å²) >= 11 is 1.88. The minimum Gasteiger partial charge on any atom is -0.294 e. The SMILES string of the molecule is c1ccc2c(c1)sc1c2ccc2c1c1ccccc1n2-c1cc(-c2ccc3c4ccccc4c4ccccc4c3c2)ccn1. The van der Waals surface area contributed by atoms with E-state index in [1.54, 1.807) is 0 Å². The van der Waals surface area contributed by atoms with E-state index in [2.05, 4.69) is 144 Å². The Morgan fingerprint density at radius 2 is 1.02 bits per heavy atom. The Morgan fingerprint density at radius 1 is 0.432 bits per heavy atom. The van der Waals surface area contributed by atoms with Gasteiger partial charge in [0.1, 0.15) is 5.82 Å². The van der Waals surface area contributed by atoms with Crippen molar-refractivity contribution in [2.24, 2.45) is 0 Å². The lowest BCUT2D eigenvalue weighted by Crippen LogP contribution is -1.97. The third-order valence-corrected chi connectivity index (χ3v) is 10.4. The zero-order valence-corrected chi connectivity index (χ0v) is 24.5. The summed E-state index contributed by atoms with van der Waals surface area (Å²) in [6.07, 6.45) is 1.95. The molecule has 44 heavy (non-hydrogen) atoms. The molecule has 0 unspecified atom stereocenters. The summed E-state index contributed by atoms with van der Waals surface area (Å²) in [6.45, 7) is 0. The van der Waals surface area contributed by atoms with E-state index in [9.17, 15) is 0 Å². The Balaban J connectivity index is 1.22. The second kappa shape index (κ2) is 9.00. The van der Waals surface area contributed by atoms with Gasteiger partial charge in [0.05, 0.1) is 11.0 Å². The van der Waals surface area contributed by atoms with Crippen molar-refractivity contribution in [3.05, 3.63) is 146 Å². The maximum Gasteiger partial charge on any atom is 0.138 e. The number of thiophene rings is 1. The molecule has 0 radical (unpaired) electrons. The average Bonchev–Trinajstić information content (AvgIpc) is 3.64. The largest absolute Gasteiger partial charge is 0.294 e. The standard InChI is InChI=1S/C41H24N2S/c1-2-11-29-27(9-1)28-10-3-4-12-30(28)35-23-25(17-18-31(29)35)26-21-22-42-39(24-26)43-36-15-7-5-14-34(36)40-37(43)20-19-33-32-13-6-8-16-38(32)44-41(33)40/h1-24H. The number of rotatable bonds is 2.